The lowest BCUT2D eigenvalue weighted by Gasteiger charge is -2.26. The third-order valence-electron chi connectivity index (χ3n) is 6.17. The number of thiazole rings is 1. The molecule has 37 heavy (non-hydrogen) atoms. The summed E-state index contributed by atoms with van der Waals surface area (Å²) in [4.78, 5) is 17.6. The van der Waals surface area contributed by atoms with Crippen LogP contribution < -0.4 is 14.9 Å². The molecule has 0 aliphatic carbocycles. The van der Waals surface area contributed by atoms with Crippen molar-refractivity contribution in [1.29, 1.82) is 0 Å². The number of methoxy groups -OCH3 is 1. The van der Waals surface area contributed by atoms with Gasteiger partial charge in [-0.1, -0.05) is 0 Å². The number of sulfonamides is 1. The van der Waals surface area contributed by atoms with Crippen LogP contribution in [0.25, 0.3) is 11.3 Å². The zero-order valence-electron chi connectivity index (χ0n) is 20.5. The van der Waals surface area contributed by atoms with Gasteiger partial charge in [0.25, 0.3) is 5.91 Å². The number of rotatable bonds is 7. The third-order valence-corrected chi connectivity index (χ3v) is 8.92. The molecule has 3 heterocycles. The average molecular weight is 545 g/mol. The molecule has 12 heteroatoms. The molecule has 1 amide bonds. The van der Waals surface area contributed by atoms with Gasteiger partial charge in [0.15, 0.2) is 11.4 Å². The van der Waals surface area contributed by atoms with E-state index in [-0.39, 0.29) is 23.5 Å². The number of benzene rings is 2. The highest BCUT2D eigenvalue weighted by Crippen LogP contribution is 2.34. The average Bonchev–Trinajstić information content (AvgIpc) is 3.33. The molecule has 1 atom stereocenters. The smallest absolute Gasteiger partial charge is 0.262 e. The molecule has 1 N–H and O–H groups in total. The van der Waals surface area contributed by atoms with Crippen molar-refractivity contribution in [3.8, 4) is 17.0 Å². The molecule has 3 aromatic rings. The van der Waals surface area contributed by atoms with Crippen LogP contribution in [0.5, 0.6) is 5.75 Å². The number of anilines is 1. The lowest BCUT2D eigenvalue weighted by atomic mass is 10.1. The quantitative estimate of drug-likeness (QED) is 0.490. The van der Waals surface area contributed by atoms with E-state index in [2.05, 4.69) is 9.88 Å². The normalized spacial score (nSPS) is 17.7. The van der Waals surface area contributed by atoms with E-state index in [0.717, 1.165) is 16.1 Å². The van der Waals surface area contributed by atoms with Crippen molar-refractivity contribution in [2.45, 2.75) is 17.9 Å². The number of aromatic nitrogens is 1. The van der Waals surface area contributed by atoms with Crippen LogP contribution >= 0.6 is 11.3 Å². The second kappa shape index (κ2) is 10.8. The molecule has 0 saturated carbocycles. The molecule has 1 fully saturated rings. The van der Waals surface area contributed by atoms with E-state index in [1.807, 2.05) is 30.5 Å². The van der Waals surface area contributed by atoms with Gasteiger partial charge in [-0.05, 0) is 49.4 Å². The van der Waals surface area contributed by atoms with Crippen LogP contribution in [-0.4, -0.2) is 69.8 Å². The van der Waals surface area contributed by atoms with E-state index in [0.29, 0.717) is 50.0 Å². The fraction of sp³-hybridized carbons (Fsp3) is 0.360. The molecule has 0 bridgehead atoms. The summed E-state index contributed by atoms with van der Waals surface area (Å²) in [7, 11) is -1.92. The van der Waals surface area contributed by atoms with E-state index in [4.69, 9.17) is 19.2 Å². The SMILES string of the molecule is COCC(C)n1c(-c2ccc3c(c2)NC(=O)CO3)csc1=Nc1ccc(S(=O)(=O)N2CCOCC2)cc1. The zero-order valence-corrected chi connectivity index (χ0v) is 22.2. The van der Waals surface area contributed by atoms with Crippen molar-refractivity contribution >= 4 is 38.6 Å². The molecule has 1 aromatic heterocycles. The maximum atomic E-state index is 12.9. The van der Waals surface area contributed by atoms with Crippen molar-refractivity contribution in [3.63, 3.8) is 0 Å². The summed E-state index contributed by atoms with van der Waals surface area (Å²) >= 11 is 1.47. The summed E-state index contributed by atoms with van der Waals surface area (Å²) in [6, 6.07) is 12.3. The van der Waals surface area contributed by atoms with Crippen LogP contribution in [0.15, 0.2) is 57.7 Å². The van der Waals surface area contributed by atoms with Gasteiger partial charge < -0.3 is 24.1 Å². The molecule has 2 aromatic carbocycles. The summed E-state index contributed by atoms with van der Waals surface area (Å²) in [6.45, 7) is 4.02. The van der Waals surface area contributed by atoms with Gasteiger partial charge in [-0.3, -0.25) is 4.79 Å². The van der Waals surface area contributed by atoms with Gasteiger partial charge >= 0.3 is 0 Å². The Kier molecular flexibility index (Phi) is 7.45. The molecular weight excluding hydrogens is 516 g/mol. The third kappa shape index (κ3) is 5.34. The predicted molar refractivity (Wildman–Crippen MR) is 140 cm³/mol. The van der Waals surface area contributed by atoms with Gasteiger partial charge in [0.05, 0.1) is 47.8 Å². The Morgan fingerprint density at radius 2 is 1.92 bits per heavy atom. The predicted octanol–water partition coefficient (Wildman–Crippen LogP) is 3.01. The molecule has 5 rings (SSSR count). The van der Waals surface area contributed by atoms with Crippen molar-refractivity contribution in [1.82, 2.24) is 8.87 Å². The topological polar surface area (TPSA) is 111 Å². The van der Waals surface area contributed by atoms with Crippen molar-refractivity contribution in [2.24, 2.45) is 4.99 Å². The fourth-order valence-corrected chi connectivity index (χ4v) is 6.76. The number of ether oxygens (including phenoxy) is 3. The minimum absolute atomic E-state index is 0.00519. The molecule has 0 spiro atoms. The summed E-state index contributed by atoms with van der Waals surface area (Å²) in [5.74, 6) is 0.442. The second-order valence-electron chi connectivity index (χ2n) is 8.75. The van der Waals surface area contributed by atoms with Gasteiger partial charge in [0, 0.05) is 31.1 Å². The molecule has 1 unspecified atom stereocenters. The first-order valence-corrected chi connectivity index (χ1v) is 14.2. The standard InChI is InChI=1S/C25H28N4O6S2/c1-17(14-33-2)29-22(18-3-8-23-21(13-18)27-24(30)15-35-23)16-36-25(29)26-19-4-6-20(7-5-19)37(31,32)28-9-11-34-12-10-28/h3-8,13,16-17H,9-12,14-15H2,1-2H3,(H,27,30). The van der Waals surface area contributed by atoms with Crippen LogP contribution in [0, 0.1) is 0 Å². The Morgan fingerprint density at radius 1 is 1.16 bits per heavy atom. The number of nitrogens with one attached hydrogen (secondary N) is 1. The van der Waals surface area contributed by atoms with Crippen LogP contribution in [0.1, 0.15) is 13.0 Å². The van der Waals surface area contributed by atoms with Gasteiger partial charge in [0.2, 0.25) is 10.0 Å². The molecular formula is C25H28N4O6S2. The Hall–Kier alpha value is -3.03. The Bertz CT molecular complexity index is 1460. The van der Waals surface area contributed by atoms with E-state index >= 15 is 0 Å². The van der Waals surface area contributed by atoms with Gasteiger partial charge in [-0.15, -0.1) is 11.3 Å². The highest BCUT2D eigenvalue weighted by atomic mass is 32.2. The molecule has 1 saturated heterocycles. The van der Waals surface area contributed by atoms with Crippen molar-refractivity contribution in [2.75, 3.05) is 51.9 Å². The number of amides is 1. The van der Waals surface area contributed by atoms with Crippen LogP contribution in [-0.2, 0) is 24.3 Å². The summed E-state index contributed by atoms with van der Waals surface area (Å²) < 4.78 is 45.6. The van der Waals surface area contributed by atoms with Crippen LogP contribution in [0.3, 0.4) is 0 Å². The van der Waals surface area contributed by atoms with Crippen LogP contribution in [0.4, 0.5) is 11.4 Å². The highest BCUT2D eigenvalue weighted by Gasteiger charge is 2.26. The monoisotopic (exact) mass is 544 g/mol. The number of fused-ring (bicyclic) bond motifs is 1. The number of morpholine rings is 1. The van der Waals surface area contributed by atoms with Gasteiger partial charge in [-0.25, -0.2) is 13.4 Å². The maximum absolute atomic E-state index is 12.9. The van der Waals surface area contributed by atoms with Gasteiger partial charge in [0.1, 0.15) is 5.75 Å². The summed E-state index contributed by atoms with van der Waals surface area (Å²) in [5.41, 5.74) is 3.08. The van der Waals surface area contributed by atoms with Crippen molar-refractivity contribution in [3.05, 3.63) is 52.6 Å². The number of hydrogen-bond donors (Lipinski definition) is 1. The van der Waals surface area contributed by atoms with E-state index < -0.39 is 10.0 Å². The first kappa shape index (κ1) is 25.6. The zero-order chi connectivity index (χ0) is 26.0. The Balaban J connectivity index is 1.50. The second-order valence-corrected chi connectivity index (χ2v) is 11.5. The molecule has 2 aliphatic heterocycles. The van der Waals surface area contributed by atoms with E-state index in [1.165, 1.54) is 15.6 Å². The van der Waals surface area contributed by atoms with E-state index in [9.17, 15) is 13.2 Å². The largest absolute Gasteiger partial charge is 0.482 e. The number of nitrogens with zero attached hydrogens (tertiary/aromatic N) is 3. The first-order valence-electron chi connectivity index (χ1n) is 11.9. The minimum atomic E-state index is -3.57. The maximum Gasteiger partial charge on any atom is 0.262 e. The van der Waals surface area contributed by atoms with E-state index in [1.54, 1.807) is 31.4 Å². The first-order chi connectivity index (χ1) is 17.9. The number of carbonyl (C=O) groups excluding carboxylic acids is 1. The molecule has 196 valence electrons. The number of carbonyl (C=O) groups is 1. The lowest BCUT2D eigenvalue weighted by molar-refractivity contribution is -0.118. The molecule has 0 radical (unpaired) electrons. The molecule has 10 nitrogen and oxygen atoms in total. The minimum Gasteiger partial charge on any atom is -0.482 e. The lowest BCUT2D eigenvalue weighted by Crippen LogP contribution is -2.40. The Morgan fingerprint density at radius 3 is 2.65 bits per heavy atom. The van der Waals surface area contributed by atoms with Crippen molar-refractivity contribution < 1.29 is 27.4 Å². The summed E-state index contributed by atoms with van der Waals surface area (Å²) in [5, 5.41) is 4.86. The van der Waals surface area contributed by atoms with Crippen LogP contribution in [0.2, 0.25) is 0 Å². The van der Waals surface area contributed by atoms with Gasteiger partial charge in [-0.2, -0.15) is 4.31 Å². The summed E-state index contributed by atoms with van der Waals surface area (Å²) in [6.07, 6.45) is 0. The number of hydrogen-bond acceptors (Lipinski definition) is 8. The highest BCUT2D eigenvalue weighted by molar-refractivity contribution is 7.89. The molecule has 2 aliphatic rings. The fourth-order valence-electron chi connectivity index (χ4n) is 4.34. The Labute approximate surface area is 219 Å².